The second-order valence-electron chi connectivity index (χ2n) is 4.31. The Kier molecular flexibility index (Phi) is 2.87. The summed E-state index contributed by atoms with van der Waals surface area (Å²) in [5.41, 5.74) is 1.07. The number of hydrogen-bond acceptors (Lipinski definition) is 3. The Balaban J connectivity index is 2.07. The highest BCUT2D eigenvalue weighted by Gasteiger charge is 2.20. The fourth-order valence-electron chi connectivity index (χ4n) is 1.82. The summed E-state index contributed by atoms with van der Waals surface area (Å²) >= 11 is 0. The van der Waals surface area contributed by atoms with Gasteiger partial charge in [-0.2, -0.15) is 0 Å². The van der Waals surface area contributed by atoms with E-state index in [1.165, 1.54) is 12.8 Å². The number of aromatic nitrogens is 1. The van der Waals surface area contributed by atoms with Crippen molar-refractivity contribution in [3.05, 3.63) is 17.8 Å². The van der Waals surface area contributed by atoms with E-state index in [0.717, 1.165) is 24.7 Å². The number of nitrogens with one attached hydrogen (secondary N) is 1. The summed E-state index contributed by atoms with van der Waals surface area (Å²) in [6.45, 7) is 6.42. The molecule has 2 rings (SSSR count). The quantitative estimate of drug-likeness (QED) is 0.784. The molecule has 1 aliphatic rings. The Morgan fingerprint density at radius 3 is 3.00 bits per heavy atom. The largest absolute Gasteiger partial charge is 0.448 e. The zero-order valence-electron chi connectivity index (χ0n) is 8.92. The molecular weight excluding hydrogens is 176 g/mol. The predicted molar refractivity (Wildman–Crippen MR) is 55.4 cm³/mol. The zero-order valence-corrected chi connectivity index (χ0v) is 8.92. The van der Waals surface area contributed by atoms with Gasteiger partial charge in [-0.1, -0.05) is 13.8 Å². The number of piperidine rings is 1. The van der Waals surface area contributed by atoms with Crippen molar-refractivity contribution in [2.75, 3.05) is 13.1 Å². The van der Waals surface area contributed by atoms with Crippen LogP contribution in [-0.4, -0.2) is 18.1 Å². The van der Waals surface area contributed by atoms with Crippen molar-refractivity contribution in [1.29, 1.82) is 0 Å². The second-order valence-corrected chi connectivity index (χ2v) is 4.31. The molecule has 78 valence electrons. The monoisotopic (exact) mass is 194 g/mol. The first-order chi connectivity index (χ1) is 6.77. The van der Waals surface area contributed by atoms with E-state index in [-0.39, 0.29) is 0 Å². The first-order valence-electron chi connectivity index (χ1n) is 5.43. The van der Waals surface area contributed by atoms with Gasteiger partial charge in [-0.05, 0) is 25.3 Å². The Bertz CT molecular complexity index is 287. The molecule has 1 atom stereocenters. The molecule has 1 unspecified atom stereocenters. The highest BCUT2D eigenvalue weighted by atomic mass is 16.3. The lowest BCUT2D eigenvalue weighted by molar-refractivity contribution is 0.376. The van der Waals surface area contributed by atoms with E-state index in [4.69, 9.17) is 4.42 Å². The predicted octanol–water partition coefficient (Wildman–Crippen LogP) is 2.27. The van der Waals surface area contributed by atoms with E-state index in [1.807, 2.05) is 0 Å². The summed E-state index contributed by atoms with van der Waals surface area (Å²) in [5.74, 6) is 1.86. The molecule has 0 aliphatic carbocycles. The normalized spacial score (nSPS) is 22.9. The van der Waals surface area contributed by atoms with Gasteiger partial charge in [0.15, 0.2) is 5.89 Å². The van der Waals surface area contributed by atoms with Crippen LogP contribution in [-0.2, 0) is 0 Å². The third kappa shape index (κ3) is 1.98. The Labute approximate surface area is 84.9 Å². The van der Waals surface area contributed by atoms with Gasteiger partial charge in [0.25, 0.3) is 0 Å². The van der Waals surface area contributed by atoms with Crippen LogP contribution in [0.4, 0.5) is 0 Å². The smallest absolute Gasteiger partial charge is 0.198 e. The molecule has 1 aliphatic heterocycles. The highest BCUT2D eigenvalue weighted by molar-refractivity contribution is 5.05. The molecule has 1 aromatic rings. The van der Waals surface area contributed by atoms with Gasteiger partial charge in [0.2, 0.25) is 0 Å². The van der Waals surface area contributed by atoms with Crippen LogP contribution in [0.5, 0.6) is 0 Å². The van der Waals surface area contributed by atoms with Crippen LogP contribution in [0.1, 0.15) is 50.1 Å². The van der Waals surface area contributed by atoms with Gasteiger partial charge >= 0.3 is 0 Å². The van der Waals surface area contributed by atoms with E-state index in [1.54, 1.807) is 6.26 Å². The summed E-state index contributed by atoms with van der Waals surface area (Å²) in [6.07, 6.45) is 4.23. The maximum Gasteiger partial charge on any atom is 0.198 e. The summed E-state index contributed by atoms with van der Waals surface area (Å²) in [5, 5.41) is 3.37. The lowest BCUT2D eigenvalue weighted by Gasteiger charge is -2.19. The van der Waals surface area contributed by atoms with E-state index in [9.17, 15) is 0 Å². The molecule has 0 spiro atoms. The minimum absolute atomic E-state index is 0.462. The molecule has 1 N–H and O–H groups in total. The molecule has 0 bridgehead atoms. The number of rotatable bonds is 2. The molecule has 1 fully saturated rings. The second kappa shape index (κ2) is 4.13. The summed E-state index contributed by atoms with van der Waals surface area (Å²) < 4.78 is 5.51. The van der Waals surface area contributed by atoms with Crippen LogP contribution < -0.4 is 5.32 Å². The van der Waals surface area contributed by atoms with Crippen LogP contribution in [0, 0.1) is 0 Å². The SMILES string of the molecule is CC(C)c1coc(C2CCCNC2)n1. The molecule has 1 aromatic heterocycles. The zero-order chi connectivity index (χ0) is 9.97. The van der Waals surface area contributed by atoms with Gasteiger partial charge in [0.1, 0.15) is 6.26 Å². The molecule has 2 heterocycles. The van der Waals surface area contributed by atoms with Gasteiger partial charge in [-0.25, -0.2) is 4.98 Å². The van der Waals surface area contributed by atoms with E-state index < -0.39 is 0 Å². The van der Waals surface area contributed by atoms with Crippen molar-refractivity contribution in [3.63, 3.8) is 0 Å². The average Bonchev–Trinajstić information content (AvgIpc) is 2.68. The van der Waals surface area contributed by atoms with E-state index in [0.29, 0.717) is 11.8 Å². The van der Waals surface area contributed by atoms with E-state index >= 15 is 0 Å². The average molecular weight is 194 g/mol. The number of hydrogen-bond donors (Lipinski definition) is 1. The molecule has 0 aromatic carbocycles. The van der Waals surface area contributed by atoms with Crippen molar-refractivity contribution in [3.8, 4) is 0 Å². The van der Waals surface area contributed by atoms with Crippen LogP contribution in [0.3, 0.4) is 0 Å². The van der Waals surface area contributed by atoms with Gasteiger partial charge in [0, 0.05) is 12.5 Å². The Morgan fingerprint density at radius 1 is 1.57 bits per heavy atom. The van der Waals surface area contributed by atoms with Gasteiger partial charge in [0.05, 0.1) is 5.69 Å². The first kappa shape index (κ1) is 9.71. The topological polar surface area (TPSA) is 38.1 Å². The molecular formula is C11H18N2O. The minimum atomic E-state index is 0.462. The standard InChI is InChI=1S/C11H18N2O/c1-8(2)10-7-14-11(13-10)9-4-3-5-12-6-9/h7-9,12H,3-6H2,1-2H3. The molecule has 0 amide bonds. The summed E-state index contributed by atoms with van der Waals surface area (Å²) in [7, 11) is 0. The van der Waals surface area contributed by atoms with Gasteiger partial charge in [-0.3, -0.25) is 0 Å². The number of nitrogens with zero attached hydrogens (tertiary/aromatic N) is 1. The Hall–Kier alpha value is -0.830. The van der Waals surface area contributed by atoms with Crippen molar-refractivity contribution < 1.29 is 4.42 Å². The minimum Gasteiger partial charge on any atom is -0.448 e. The lowest BCUT2D eigenvalue weighted by Crippen LogP contribution is -2.28. The van der Waals surface area contributed by atoms with Gasteiger partial charge in [-0.15, -0.1) is 0 Å². The van der Waals surface area contributed by atoms with Gasteiger partial charge < -0.3 is 9.73 Å². The molecule has 3 nitrogen and oxygen atoms in total. The maximum absolute atomic E-state index is 5.51. The van der Waals surface area contributed by atoms with Crippen LogP contribution in [0.15, 0.2) is 10.7 Å². The molecule has 14 heavy (non-hydrogen) atoms. The maximum atomic E-state index is 5.51. The summed E-state index contributed by atoms with van der Waals surface area (Å²) in [4.78, 5) is 4.53. The fourth-order valence-corrected chi connectivity index (χ4v) is 1.82. The van der Waals surface area contributed by atoms with Crippen LogP contribution >= 0.6 is 0 Å². The molecule has 0 saturated carbocycles. The van der Waals surface area contributed by atoms with Crippen LogP contribution in [0.25, 0.3) is 0 Å². The summed E-state index contributed by atoms with van der Waals surface area (Å²) in [6, 6.07) is 0. The molecule has 3 heteroatoms. The van der Waals surface area contributed by atoms with Crippen LogP contribution in [0.2, 0.25) is 0 Å². The fraction of sp³-hybridized carbons (Fsp3) is 0.727. The number of oxazole rings is 1. The lowest BCUT2D eigenvalue weighted by atomic mass is 10.00. The first-order valence-corrected chi connectivity index (χ1v) is 5.43. The third-order valence-electron chi connectivity index (χ3n) is 2.78. The van der Waals surface area contributed by atoms with Crippen molar-refractivity contribution >= 4 is 0 Å². The Morgan fingerprint density at radius 2 is 2.43 bits per heavy atom. The van der Waals surface area contributed by atoms with E-state index in [2.05, 4.69) is 24.1 Å². The molecule has 1 saturated heterocycles. The van der Waals surface area contributed by atoms with Crippen molar-refractivity contribution in [2.45, 2.75) is 38.5 Å². The highest BCUT2D eigenvalue weighted by Crippen LogP contribution is 2.24. The van der Waals surface area contributed by atoms with Crippen molar-refractivity contribution in [1.82, 2.24) is 10.3 Å². The molecule has 0 radical (unpaired) electrons. The van der Waals surface area contributed by atoms with Crippen molar-refractivity contribution in [2.24, 2.45) is 0 Å². The third-order valence-corrected chi connectivity index (χ3v) is 2.78.